The molecule has 23 heavy (non-hydrogen) atoms. The molecular weight excluding hydrogens is 288 g/mol. The van der Waals surface area contributed by atoms with Gasteiger partial charge in [-0.05, 0) is 64.0 Å². The first-order valence-corrected chi connectivity index (χ1v) is 9.69. The van der Waals surface area contributed by atoms with Crippen LogP contribution >= 0.6 is 0 Å². The summed E-state index contributed by atoms with van der Waals surface area (Å²) in [6, 6.07) is 0.290. The Morgan fingerprint density at radius 2 is 2.09 bits per heavy atom. The Hall–Kier alpha value is -0.610. The summed E-state index contributed by atoms with van der Waals surface area (Å²) in [6.45, 7) is 11.7. The van der Waals surface area contributed by atoms with E-state index in [0.717, 1.165) is 39.0 Å². The molecule has 4 nitrogen and oxygen atoms in total. The summed E-state index contributed by atoms with van der Waals surface area (Å²) in [4.78, 5) is 12.5. The Morgan fingerprint density at radius 1 is 1.35 bits per heavy atom. The van der Waals surface area contributed by atoms with Crippen LogP contribution in [0.5, 0.6) is 0 Å². The van der Waals surface area contributed by atoms with Crippen LogP contribution < -0.4 is 10.6 Å². The molecule has 4 atom stereocenters. The van der Waals surface area contributed by atoms with Crippen molar-refractivity contribution in [3.05, 3.63) is 0 Å². The third-order valence-corrected chi connectivity index (χ3v) is 6.45. The van der Waals surface area contributed by atoms with E-state index in [1.165, 1.54) is 12.8 Å². The fourth-order valence-electron chi connectivity index (χ4n) is 4.66. The molecule has 0 aromatic heterocycles. The zero-order valence-electron chi connectivity index (χ0n) is 15.5. The molecule has 2 rings (SSSR count). The van der Waals surface area contributed by atoms with Crippen LogP contribution in [-0.4, -0.2) is 37.7 Å². The molecule has 134 valence electrons. The maximum absolute atomic E-state index is 12.5. The fourth-order valence-corrected chi connectivity index (χ4v) is 4.66. The number of rotatable bonds is 8. The van der Waals surface area contributed by atoms with Gasteiger partial charge < -0.3 is 15.4 Å². The van der Waals surface area contributed by atoms with Crippen molar-refractivity contribution in [3.63, 3.8) is 0 Å². The van der Waals surface area contributed by atoms with Gasteiger partial charge in [-0.2, -0.15) is 0 Å². The molecule has 1 aliphatic carbocycles. The van der Waals surface area contributed by atoms with Crippen LogP contribution in [-0.2, 0) is 9.53 Å². The SMILES string of the molecule is CCOC1CC(NC(=O)CC(C)C2CCCNC2)C1(CC)CC. The van der Waals surface area contributed by atoms with Gasteiger partial charge in [-0.15, -0.1) is 0 Å². The van der Waals surface area contributed by atoms with Crippen molar-refractivity contribution in [3.8, 4) is 0 Å². The topological polar surface area (TPSA) is 50.4 Å². The van der Waals surface area contributed by atoms with E-state index in [9.17, 15) is 4.79 Å². The maximum Gasteiger partial charge on any atom is 0.220 e. The largest absolute Gasteiger partial charge is 0.378 e. The van der Waals surface area contributed by atoms with Gasteiger partial charge in [0.15, 0.2) is 0 Å². The van der Waals surface area contributed by atoms with E-state index >= 15 is 0 Å². The van der Waals surface area contributed by atoms with E-state index < -0.39 is 0 Å². The van der Waals surface area contributed by atoms with Crippen molar-refractivity contribution in [2.24, 2.45) is 17.3 Å². The lowest BCUT2D eigenvalue weighted by Crippen LogP contribution is -2.64. The van der Waals surface area contributed by atoms with Gasteiger partial charge in [-0.3, -0.25) is 4.79 Å². The number of hydrogen-bond acceptors (Lipinski definition) is 3. The predicted octanol–water partition coefficient (Wildman–Crippen LogP) is 3.11. The van der Waals surface area contributed by atoms with E-state index in [1.807, 2.05) is 0 Å². The average Bonchev–Trinajstić information content (AvgIpc) is 2.56. The Bertz CT molecular complexity index is 376. The smallest absolute Gasteiger partial charge is 0.220 e. The fraction of sp³-hybridized carbons (Fsp3) is 0.947. The molecule has 0 radical (unpaired) electrons. The van der Waals surface area contributed by atoms with Gasteiger partial charge in [0.25, 0.3) is 0 Å². The summed E-state index contributed by atoms with van der Waals surface area (Å²) in [5.41, 5.74) is 0.140. The van der Waals surface area contributed by atoms with Crippen molar-refractivity contribution < 1.29 is 9.53 Å². The molecule has 1 saturated carbocycles. The van der Waals surface area contributed by atoms with Gasteiger partial charge in [-0.1, -0.05) is 20.8 Å². The summed E-state index contributed by atoms with van der Waals surface area (Å²) in [5, 5.41) is 6.78. The third-order valence-electron chi connectivity index (χ3n) is 6.45. The molecule has 2 fully saturated rings. The van der Waals surface area contributed by atoms with Crippen LogP contribution in [0.25, 0.3) is 0 Å². The number of nitrogens with one attached hydrogen (secondary N) is 2. The highest BCUT2D eigenvalue weighted by Gasteiger charge is 2.53. The minimum absolute atomic E-state index is 0.140. The number of piperidine rings is 1. The van der Waals surface area contributed by atoms with Gasteiger partial charge in [0, 0.05) is 24.5 Å². The Morgan fingerprint density at radius 3 is 2.65 bits per heavy atom. The van der Waals surface area contributed by atoms with Gasteiger partial charge in [-0.25, -0.2) is 0 Å². The number of ether oxygens (including phenoxy) is 1. The van der Waals surface area contributed by atoms with Crippen LogP contribution in [0.4, 0.5) is 0 Å². The molecule has 4 unspecified atom stereocenters. The van der Waals surface area contributed by atoms with Crippen molar-refractivity contribution in [1.82, 2.24) is 10.6 Å². The molecule has 2 aliphatic rings. The standard InChI is InChI=1S/C19H36N2O2/c1-5-19(6-2)16(12-17(19)23-7-3)21-18(22)11-14(4)15-9-8-10-20-13-15/h14-17,20H,5-13H2,1-4H3,(H,21,22). The summed E-state index contributed by atoms with van der Waals surface area (Å²) < 4.78 is 5.90. The lowest BCUT2D eigenvalue weighted by atomic mass is 9.58. The van der Waals surface area contributed by atoms with Gasteiger partial charge in [0.1, 0.15) is 0 Å². The van der Waals surface area contributed by atoms with Crippen LogP contribution in [0.15, 0.2) is 0 Å². The van der Waals surface area contributed by atoms with E-state index in [1.54, 1.807) is 0 Å². The second-order valence-corrected chi connectivity index (χ2v) is 7.53. The summed E-state index contributed by atoms with van der Waals surface area (Å²) in [7, 11) is 0. The Balaban J connectivity index is 1.84. The van der Waals surface area contributed by atoms with Crippen LogP contribution in [0.3, 0.4) is 0 Å². The lowest BCUT2D eigenvalue weighted by molar-refractivity contribution is -0.149. The van der Waals surface area contributed by atoms with E-state index in [0.29, 0.717) is 30.4 Å². The van der Waals surface area contributed by atoms with Crippen molar-refractivity contribution in [1.29, 1.82) is 0 Å². The molecule has 0 aromatic carbocycles. The molecular formula is C19H36N2O2. The van der Waals surface area contributed by atoms with E-state index in [4.69, 9.17) is 4.74 Å². The average molecular weight is 325 g/mol. The number of carbonyl (C=O) groups is 1. The summed E-state index contributed by atoms with van der Waals surface area (Å²) in [6.07, 6.45) is 6.58. The number of hydrogen-bond donors (Lipinski definition) is 2. The predicted molar refractivity (Wildman–Crippen MR) is 94.4 cm³/mol. The molecule has 4 heteroatoms. The van der Waals surface area contributed by atoms with Crippen LogP contribution in [0, 0.1) is 17.3 Å². The van der Waals surface area contributed by atoms with E-state index in [2.05, 4.69) is 38.3 Å². The molecule has 1 saturated heterocycles. The first-order chi connectivity index (χ1) is 11.1. The molecule has 2 N–H and O–H groups in total. The minimum Gasteiger partial charge on any atom is -0.378 e. The first-order valence-electron chi connectivity index (χ1n) is 9.69. The minimum atomic E-state index is 0.140. The highest BCUT2D eigenvalue weighted by Crippen LogP contribution is 2.49. The highest BCUT2D eigenvalue weighted by molar-refractivity contribution is 5.76. The number of amides is 1. The Labute approximate surface area is 142 Å². The Kier molecular flexibility index (Phi) is 6.90. The summed E-state index contributed by atoms with van der Waals surface area (Å²) >= 11 is 0. The number of carbonyl (C=O) groups excluding carboxylic acids is 1. The highest BCUT2D eigenvalue weighted by atomic mass is 16.5. The first kappa shape index (κ1) is 18.7. The zero-order chi connectivity index (χ0) is 16.9. The van der Waals surface area contributed by atoms with Gasteiger partial charge in [0.2, 0.25) is 5.91 Å². The second-order valence-electron chi connectivity index (χ2n) is 7.53. The monoisotopic (exact) mass is 324 g/mol. The van der Waals surface area contributed by atoms with Gasteiger partial charge >= 0.3 is 0 Å². The molecule has 0 bridgehead atoms. The quantitative estimate of drug-likeness (QED) is 0.721. The van der Waals surface area contributed by atoms with Crippen LogP contribution in [0.2, 0.25) is 0 Å². The van der Waals surface area contributed by atoms with Crippen LogP contribution in [0.1, 0.15) is 66.2 Å². The third kappa shape index (κ3) is 4.08. The molecule has 1 heterocycles. The van der Waals surface area contributed by atoms with E-state index in [-0.39, 0.29) is 11.3 Å². The molecule has 1 amide bonds. The van der Waals surface area contributed by atoms with Crippen molar-refractivity contribution in [2.75, 3.05) is 19.7 Å². The maximum atomic E-state index is 12.5. The molecule has 0 aromatic rings. The van der Waals surface area contributed by atoms with Gasteiger partial charge in [0.05, 0.1) is 6.10 Å². The normalized spacial score (nSPS) is 31.2. The molecule has 1 aliphatic heterocycles. The second kappa shape index (κ2) is 8.48. The lowest BCUT2D eigenvalue weighted by Gasteiger charge is -2.55. The van der Waals surface area contributed by atoms with Crippen molar-refractivity contribution >= 4 is 5.91 Å². The zero-order valence-corrected chi connectivity index (χ0v) is 15.5. The van der Waals surface area contributed by atoms with Crippen molar-refractivity contribution in [2.45, 2.75) is 78.4 Å². The summed E-state index contributed by atoms with van der Waals surface area (Å²) in [5.74, 6) is 1.34. The molecule has 0 spiro atoms.